The van der Waals surface area contributed by atoms with Crippen molar-refractivity contribution in [3.05, 3.63) is 33.9 Å². The molecular formula is C15H22N2O. The second kappa shape index (κ2) is 3.74. The number of hydrogen-bond acceptors (Lipinski definition) is 1. The first-order chi connectivity index (χ1) is 8.10. The topological polar surface area (TPSA) is 48.6 Å². The Morgan fingerprint density at radius 2 is 1.61 bits per heavy atom. The normalized spacial score (nSPS) is 13.2. The highest BCUT2D eigenvalue weighted by Crippen LogP contribution is 2.29. The molecule has 0 spiro atoms. The van der Waals surface area contributed by atoms with Crippen LogP contribution in [0.15, 0.2) is 17.1 Å². The molecule has 0 aliphatic carbocycles. The van der Waals surface area contributed by atoms with Crippen molar-refractivity contribution in [1.29, 1.82) is 0 Å². The molecule has 98 valence electrons. The molecule has 0 aromatic carbocycles. The van der Waals surface area contributed by atoms with E-state index >= 15 is 0 Å². The van der Waals surface area contributed by atoms with E-state index in [9.17, 15) is 4.79 Å². The smallest absolute Gasteiger partial charge is 0.257 e. The van der Waals surface area contributed by atoms with Gasteiger partial charge in [0.2, 0.25) is 0 Å². The Bertz CT molecular complexity index is 633. The Morgan fingerprint density at radius 3 is 2.11 bits per heavy atom. The van der Waals surface area contributed by atoms with E-state index in [2.05, 4.69) is 51.5 Å². The van der Waals surface area contributed by atoms with E-state index in [1.807, 2.05) is 12.3 Å². The molecule has 2 N–H and O–H groups in total. The Balaban J connectivity index is 2.77. The van der Waals surface area contributed by atoms with Gasteiger partial charge in [-0.05, 0) is 17.0 Å². The van der Waals surface area contributed by atoms with Gasteiger partial charge in [-0.3, -0.25) is 4.79 Å². The summed E-state index contributed by atoms with van der Waals surface area (Å²) in [5.41, 5.74) is 2.87. The molecule has 0 saturated carbocycles. The Kier molecular flexibility index (Phi) is 2.69. The number of fused-ring (bicyclic) bond motifs is 1. The van der Waals surface area contributed by atoms with E-state index in [0.29, 0.717) is 0 Å². The maximum Gasteiger partial charge on any atom is 0.257 e. The third-order valence-electron chi connectivity index (χ3n) is 3.29. The monoisotopic (exact) mass is 246 g/mol. The fraction of sp³-hybridized carbons (Fsp3) is 0.533. The van der Waals surface area contributed by atoms with Gasteiger partial charge < -0.3 is 9.97 Å². The molecule has 3 heteroatoms. The van der Waals surface area contributed by atoms with Crippen LogP contribution in [-0.2, 0) is 10.8 Å². The van der Waals surface area contributed by atoms with Crippen LogP contribution in [0.25, 0.3) is 10.9 Å². The average molecular weight is 246 g/mol. The first-order valence-corrected chi connectivity index (χ1v) is 6.36. The second-order valence-electron chi connectivity index (χ2n) is 7.00. The molecule has 0 amide bonds. The van der Waals surface area contributed by atoms with Crippen LogP contribution < -0.4 is 5.56 Å². The molecular weight excluding hydrogens is 224 g/mol. The van der Waals surface area contributed by atoms with Gasteiger partial charge in [0, 0.05) is 17.3 Å². The lowest BCUT2D eigenvalue weighted by molar-refractivity contribution is 0.567. The average Bonchev–Trinajstić information content (AvgIpc) is 2.59. The van der Waals surface area contributed by atoms with Crippen molar-refractivity contribution < 1.29 is 0 Å². The number of nitrogens with one attached hydrogen (secondary N) is 2. The van der Waals surface area contributed by atoms with Gasteiger partial charge in [-0.25, -0.2) is 0 Å². The van der Waals surface area contributed by atoms with Gasteiger partial charge in [0.05, 0.1) is 10.9 Å². The maximum atomic E-state index is 12.3. The van der Waals surface area contributed by atoms with E-state index in [4.69, 9.17) is 0 Å². The molecule has 2 heterocycles. The molecule has 0 unspecified atom stereocenters. The number of rotatable bonds is 0. The molecule has 0 atom stereocenters. The van der Waals surface area contributed by atoms with Crippen molar-refractivity contribution in [3.8, 4) is 0 Å². The zero-order valence-corrected chi connectivity index (χ0v) is 12.1. The van der Waals surface area contributed by atoms with Gasteiger partial charge in [-0.2, -0.15) is 0 Å². The number of hydrogen-bond donors (Lipinski definition) is 2. The van der Waals surface area contributed by atoms with E-state index in [-0.39, 0.29) is 16.4 Å². The first-order valence-electron chi connectivity index (χ1n) is 6.36. The predicted octanol–water partition coefficient (Wildman–Crippen LogP) is 3.45. The van der Waals surface area contributed by atoms with E-state index in [1.54, 1.807) is 0 Å². The summed E-state index contributed by atoms with van der Waals surface area (Å²) in [6.07, 6.45) is 1.95. The van der Waals surface area contributed by atoms with E-state index in [1.165, 1.54) is 0 Å². The molecule has 0 saturated heterocycles. The summed E-state index contributed by atoms with van der Waals surface area (Å²) in [6.45, 7) is 12.6. The molecule has 3 nitrogen and oxygen atoms in total. The zero-order valence-electron chi connectivity index (χ0n) is 12.1. The third kappa shape index (κ3) is 2.09. The van der Waals surface area contributed by atoms with Crippen molar-refractivity contribution in [2.24, 2.45) is 0 Å². The maximum absolute atomic E-state index is 12.3. The zero-order chi connectivity index (χ0) is 13.7. The molecule has 18 heavy (non-hydrogen) atoms. The third-order valence-corrected chi connectivity index (χ3v) is 3.29. The molecule has 2 rings (SSSR count). The minimum Gasteiger partial charge on any atom is -0.361 e. The van der Waals surface area contributed by atoms with Crippen LogP contribution in [-0.4, -0.2) is 9.97 Å². The van der Waals surface area contributed by atoms with Crippen molar-refractivity contribution in [2.45, 2.75) is 52.4 Å². The van der Waals surface area contributed by atoms with Crippen molar-refractivity contribution in [2.75, 3.05) is 0 Å². The molecule has 0 radical (unpaired) electrons. The Labute approximate surface area is 108 Å². The number of aromatic nitrogens is 2. The Morgan fingerprint density at radius 1 is 1.00 bits per heavy atom. The van der Waals surface area contributed by atoms with Gasteiger partial charge in [-0.15, -0.1) is 0 Å². The minimum atomic E-state index is -0.0552. The van der Waals surface area contributed by atoms with Crippen molar-refractivity contribution in [3.63, 3.8) is 0 Å². The lowest BCUT2D eigenvalue weighted by Crippen LogP contribution is -2.21. The summed E-state index contributed by atoms with van der Waals surface area (Å²) >= 11 is 0. The highest BCUT2D eigenvalue weighted by atomic mass is 16.1. The molecule has 0 fully saturated rings. The molecule has 0 aliphatic rings. The summed E-state index contributed by atoms with van der Waals surface area (Å²) in [7, 11) is 0. The number of aromatic amines is 2. The minimum absolute atomic E-state index is 0.00333. The summed E-state index contributed by atoms with van der Waals surface area (Å²) in [4.78, 5) is 18.5. The van der Waals surface area contributed by atoms with Crippen LogP contribution in [0.4, 0.5) is 0 Å². The van der Waals surface area contributed by atoms with Crippen LogP contribution in [0, 0.1) is 0 Å². The summed E-state index contributed by atoms with van der Waals surface area (Å²) in [6, 6.07) is 2.05. The predicted molar refractivity (Wildman–Crippen MR) is 76.3 cm³/mol. The quantitative estimate of drug-likeness (QED) is 0.735. The highest BCUT2D eigenvalue weighted by Gasteiger charge is 2.22. The van der Waals surface area contributed by atoms with Crippen LogP contribution in [0.3, 0.4) is 0 Å². The highest BCUT2D eigenvalue weighted by molar-refractivity contribution is 5.83. The first kappa shape index (κ1) is 12.9. The van der Waals surface area contributed by atoms with Gasteiger partial charge in [-0.1, -0.05) is 41.5 Å². The lowest BCUT2D eigenvalue weighted by atomic mass is 9.86. The van der Waals surface area contributed by atoms with Gasteiger partial charge in [0.1, 0.15) is 0 Å². The Hall–Kier alpha value is -1.51. The number of pyridine rings is 1. The largest absolute Gasteiger partial charge is 0.361 e. The summed E-state index contributed by atoms with van der Waals surface area (Å²) < 4.78 is 0. The van der Waals surface area contributed by atoms with Crippen molar-refractivity contribution in [1.82, 2.24) is 9.97 Å². The second-order valence-corrected chi connectivity index (χ2v) is 7.00. The molecule has 2 aromatic heterocycles. The fourth-order valence-electron chi connectivity index (χ4n) is 2.16. The van der Waals surface area contributed by atoms with Gasteiger partial charge in [0.25, 0.3) is 5.56 Å². The SMILES string of the molecule is CC(C)(C)c1cc2[nH]cc(C(C)(C)C)c2c(=O)[nH]1. The summed E-state index contributed by atoms with van der Waals surface area (Å²) in [5, 5.41) is 0.788. The van der Waals surface area contributed by atoms with E-state index < -0.39 is 0 Å². The van der Waals surface area contributed by atoms with Crippen LogP contribution in [0.1, 0.15) is 52.8 Å². The standard InChI is InChI=1S/C15H22N2O/c1-14(2,3)9-8-16-10-7-11(15(4,5)6)17-13(18)12(9)10/h7-8,16H,1-6H3,(H,17,18). The molecule has 0 aliphatic heterocycles. The van der Waals surface area contributed by atoms with Crippen molar-refractivity contribution >= 4 is 10.9 Å². The molecule has 2 aromatic rings. The van der Waals surface area contributed by atoms with E-state index in [0.717, 1.165) is 22.2 Å². The number of H-pyrrole nitrogens is 2. The molecule has 0 bridgehead atoms. The summed E-state index contributed by atoms with van der Waals surface area (Å²) in [5.74, 6) is 0. The van der Waals surface area contributed by atoms with Crippen LogP contribution >= 0.6 is 0 Å². The fourth-order valence-corrected chi connectivity index (χ4v) is 2.16. The van der Waals surface area contributed by atoms with Crippen LogP contribution in [0.5, 0.6) is 0 Å². The van der Waals surface area contributed by atoms with Gasteiger partial charge >= 0.3 is 0 Å². The van der Waals surface area contributed by atoms with Gasteiger partial charge in [0.15, 0.2) is 0 Å². The van der Waals surface area contributed by atoms with Crippen LogP contribution in [0.2, 0.25) is 0 Å². The lowest BCUT2D eigenvalue weighted by Gasteiger charge is -2.19.